The summed E-state index contributed by atoms with van der Waals surface area (Å²) >= 11 is 8.69. The van der Waals surface area contributed by atoms with Gasteiger partial charge in [0.2, 0.25) is 5.13 Å². The standard InChI is InChI=1S/C18H12ClN3O3S3/c1-28(24,25)11-8-6-10(7-9-11)16-20-18(27-22-16)21-17(23)15-14(19)12-4-2-3-5-13(12)26-15/h2-9H,1H3,(H,20,21,22,23). The van der Waals surface area contributed by atoms with Crippen molar-refractivity contribution in [2.24, 2.45) is 0 Å². The lowest BCUT2D eigenvalue weighted by Gasteiger charge is -2.00. The molecule has 0 saturated heterocycles. The van der Waals surface area contributed by atoms with Crippen molar-refractivity contribution in [2.75, 3.05) is 11.6 Å². The Morgan fingerprint density at radius 2 is 1.82 bits per heavy atom. The number of rotatable bonds is 4. The number of anilines is 1. The number of hydrogen-bond donors (Lipinski definition) is 1. The molecule has 0 spiro atoms. The Labute approximate surface area is 173 Å². The molecule has 0 atom stereocenters. The van der Waals surface area contributed by atoms with Gasteiger partial charge in [-0.1, -0.05) is 29.8 Å². The fourth-order valence-electron chi connectivity index (χ4n) is 2.56. The van der Waals surface area contributed by atoms with Crippen molar-refractivity contribution in [3.63, 3.8) is 0 Å². The summed E-state index contributed by atoms with van der Waals surface area (Å²) in [4.78, 5) is 17.5. The zero-order chi connectivity index (χ0) is 19.9. The quantitative estimate of drug-likeness (QED) is 0.486. The Hall–Kier alpha value is -2.33. The van der Waals surface area contributed by atoms with Crippen LogP contribution in [-0.2, 0) is 9.84 Å². The highest BCUT2D eigenvalue weighted by Crippen LogP contribution is 2.35. The summed E-state index contributed by atoms with van der Waals surface area (Å²) in [6.07, 6.45) is 1.15. The summed E-state index contributed by atoms with van der Waals surface area (Å²) in [5, 5.41) is 4.31. The van der Waals surface area contributed by atoms with Gasteiger partial charge in [-0.15, -0.1) is 11.3 Å². The normalized spacial score (nSPS) is 11.6. The van der Waals surface area contributed by atoms with Gasteiger partial charge in [-0.3, -0.25) is 10.1 Å². The Morgan fingerprint density at radius 3 is 2.50 bits per heavy atom. The first-order valence-electron chi connectivity index (χ1n) is 7.95. The molecule has 2 heterocycles. The predicted molar refractivity (Wildman–Crippen MR) is 113 cm³/mol. The van der Waals surface area contributed by atoms with Crippen LogP contribution in [0, 0.1) is 0 Å². The van der Waals surface area contributed by atoms with Crippen LogP contribution in [0.4, 0.5) is 5.13 Å². The van der Waals surface area contributed by atoms with Crippen LogP contribution in [-0.4, -0.2) is 29.9 Å². The molecular formula is C18H12ClN3O3S3. The van der Waals surface area contributed by atoms with Gasteiger partial charge in [0.15, 0.2) is 15.7 Å². The smallest absolute Gasteiger partial charge is 0.269 e. The molecular weight excluding hydrogens is 438 g/mol. The van der Waals surface area contributed by atoms with E-state index in [9.17, 15) is 13.2 Å². The molecule has 0 radical (unpaired) electrons. The number of amides is 1. The van der Waals surface area contributed by atoms with E-state index < -0.39 is 9.84 Å². The molecule has 0 aliphatic rings. The molecule has 2 aromatic carbocycles. The van der Waals surface area contributed by atoms with Crippen LogP contribution in [0.5, 0.6) is 0 Å². The highest BCUT2D eigenvalue weighted by Gasteiger charge is 2.19. The Balaban J connectivity index is 1.56. The Bertz CT molecular complexity index is 1290. The summed E-state index contributed by atoms with van der Waals surface area (Å²) in [5.41, 5.74) is 0.657. The molecule has 2 aromatic heterocycles. The minimum Gasteiger partial charge on any atom is -0.296 e. The molecule has 0 aliphatic heterocycles. The first-order valence-corrected chi connectivity index (χ1v) is 11.8. The lowest BCUT2D eigenvalue weighted by molar-refractivity contribution is 0.103. The number of benzene rings is 2. The molecule has 1 N–H and O–H groups in total. The highest BCUT2D eigenvalue weighted by atomic mass is 35.5. The molecule has 0 saturated carbocycles. The fraction of sp³-hybridized carbons (Fsp3) is 0.0556. The molecule has 10 heteroatoms. The molecule has 0 bridgehead atoms. The zero-order valence-corrected chi connectivity index (χ0v) is 17.5. The van der Waals surface area contributed by atoms with Gasteiger partial charge in [-0.2, -0.15) is 9.36 Å². The van der Waals surface area contributed by atoms with Crippen molar-refractivity contribution < 1.29 is 13.2 Å². The number of sulfone groups is 1. The summed E-state index contributed by atoms with van der Waals surface area (Å²) in [6, 6.07) is 13.8. The molecule has 4 rings (SSSR count). The molecule has 4 aromatic rings. The van der Waals surface area contributed by atoms with Crippen molar-refractivity contribution >= 4 is 65.4 Å². The number of nitrogens with one attached hydrogen (secondary N) is 1. The van der Waals surface area contributed by atoms with Gasteiger partial charge >= 0.3 is 0 Å². The molecule has 6 nitrogen and oxygen atoms in total. The van der Waals surface area contributed by atoms with Crippen molar-refractivity contribution in [3.05, 3.63) is 58.4 Å². The number of halogens is 1. The van der Waals surface area contributed by atoms with E-state index >= 15 is 0 Å². The number of fused-ring (bicyclic) bond motifs is 1. The van der Waals surface area contributed by atoms with Crippen molar-refractivity contribution in [3.8, 4) is 11.4 Å². The topological polar surface area (TPSA) is 89.0 Å². The number of hydrogen-bond acceptors (Lipinski definition) is 7. The fourth-order valence-corrected chi connectivity index (χ4v) is 5.18. The Morgan fingerprint density at radius 1 is 1.11 bits per heavy atom. The minimum absolute atomic E-state index is 0.222. The van der Waals surface area contributed by atoms with Crippen LogP contribution in [0.2, 0.25) is 5.02 Å². The van der Waals surface area contributed by atoms with E-state index in [2.05, 4.69) is 14.7 Å². The maximum Gasteiger partial charge on any atom is 0.269 e. The lowest BCUT2D eigenvalue weighted by atomic mass is 10.2. The third kappa shape index (κ3) is 3.66. The average molecular weight is 450 g/mol. The van der Waals surface area contributed by atoms with Gasteiger partial charge in [-0.05, 0) is 30.3 Å². The number of nitrogens with zero attached hydrogens (tertiary/aromatic N) is 2. The zero-order valence-electron chi connectivity index (χ0n) is 14.3. The monoisotopic (exact) mass is 449 g/mol. The highest BCUT2D eigenvalue weighted by molar-refractivity contribution is 7.90. The molecule has 142 valence electrons. The first-order chi connectivity index (χ1) is 13.3. The van der Waals surface area contributed by atoms with Crippen LogP contribution in [0.3, 0.4) is 0 Å². The van der Waals surface area contributed by atoms with Crippen molar-refractivity contribution in [1.29, 1.82) is 0 Å². The third-order valence-corrected chi connectivity index (χ3v) is 7.36. The molecule has 1 amide bonds. The maximum atomic E-state index is 12.6. The van der Waals surface area contributed by atoms with Gasteiger partial charge in [0.1, 0.15) is 4.88 Å². The van der Waals surface area contributed by atoms with Crippen molar-refractivity contribution in [2.45, 2.75) is 4.90 Å². The van der Waals surface area contributed by atoms with Gasteiger partial charge in [0.25, 0.3) is 5.91 Å². The summed E-state index contributed by atoms with van der Waals surface area (Å²) in [7, 11) is -3.26. The second-order valence-electron chi connectivity index (χ2n) is 5.92. The maximum absolute atomic E-state index is 12.6. The van der Waals surface area contributed by atoms with Crippen LogP contribution < -0.4 is 5.32 Å². The summed E-state index contributed by atoms with van der Waals surface area (Å²) in [6.45, 7) is 0. The van der Waals surface area contributed by atoms with Crippen LogP contribution in [0.25, 0.3) is 21.5 Å². The van der Waals surface area contributed by atoms with E-state index in [1.54, 1.807) is 12.1 Å². The van der Waals surface area contributed by atoms with E-state index in [0.717, 1.165) is 27.9 Å². The second-order valence-corrected chi connectivity index (χ2v) is 10.1. The molecule has 0 fully saturated rings. The largest absolute Gasteiger partial charge is 0.296 e. The lowest BCUT2D eigenvalue weighted by Crippen LogP contribution is -2.10. The molecule has 0 aliphatic carbocycles. The van der Waals surface area contributed by atoms with E-state index in [1.807, 2.05) is 24.3 Å². The summed E-state index contributed by atoms with van der Waals surface area (Å²) < 4.78 is 28.3. The van der Waals surface area contributed by atoms with Gasteiger partial charge in [0, 0.05) is 33.4 Å². The first kappa shape index (κ1) is 19.0. The van der Waals surface area contributed by atoms with Gasteiger partial charge in [-0.25, -0.2) is 8.42 Å². The number of aromatic nitrogens is 2. The van der Waals surface area contributed by atoms with Crippen molar-refractivity contribution in [1.82, 2.24) is 9.36 Å². The SMILES string of the molecule is CS(=O)(=O)c1ccc(-c2nsc(NC(=O)c3sc4ccccc4c3Cl)n2)cc1. The van der Waals surface area contributed by atoms with E-state index in [1.165, 1.54) is 23.5 Å². The summed E-state index contributed by atoms with van der Waals surface area (Å²) in [5.74, 6) is 0.0594. The van der Waals surface area contributed by atoms with E-state index in [4.69, 9.17) is 11.6 Å². The molecule has 0 unspecified atom stereocenters. The number of carbonyl (C=O) groups is 1. The molecule has 28 heavy (non-hydrogen) atoms. The predicted octanol–water partition coefficient (Wildman–Crippen LogP) is 4.73. The number of thiophene rings is 1. The van der Waals surface area contributed by atoms with Crippen LogP contribution >= 0.6 is 34.5 Å². The van der Waals surface area contributed by atoms with Crippen LogP contribution in [0.1, 0.15) is 9.67 Å². The minimum atomic E-state index is -3.26. The van der Waals surface area contributed by atoms with E-state index in [-0.39, 0.29) is 10.8 Å². The van der Waals surface area contributed by atoms with Crippen LogP contribution in [0.15, 0.2) is 53.4 Å². The second kappa shape index (κ2) is 7.25. The third-order valence-electron chi connectivity index (χ3n) is 3.93. The average Bonchev–Trinajstić information content (AvgIpc) is 3.26. The Kier molecular flexibility index (Phi) is 4.92. The van der Waals surface area contributed by atoms with E-state index in [0.29, 0.717) is 26.4 Å². The van der Waals surface area contributed by atoms with Gasteiger partial charge < -0.3 is 0 Å². The van der Waals surface area contributed by atoms with Gasteiger partial charge in [0.05, 0.1) is 9.92 Å². The number of carbonyl (C=O) groups excluding carboxylic acids is 1.